The van der Waals surface area contributed by atoms with Crippen LogP contribution in [0.3, 0.4) is 0 Å². The summed E-state index contributed by atoms with van der Waals surface area (Å²) >= 11 is 0. The van der Waals surface area contributed by atoms with Gasteiger partial charge in [-0.3, -0.25) is 14.5 Å². The number of ether oxygens (including phenoxy) is 2. The molecule has 0 aromatic heterocycles. The average molecular weight is 770 g/mol. The van der Waals surface area contributed by atoms with Gasteiger partial charge in [0.15, 0.2) is 0 Å². The van der Waals surface area contributed by atoms with Crippen LogP contribution in [-0.4, -0.2) is 36.2 Å². The Morgan fingerprint density at radius 1 is 0.667 bits per heavy atom. The second-order valence-corrected chi connectivity index (χ2v) is 14.7. The van der Waals surface area contributed by atoms with Crippen molar-refractivity contribution in [3.63, 3.8) is 0 Å². The molecule has 0 spiro atoms. The summed E-state index contributed by atoms with van der Waals surface area (Å²) in [6, 6.07) is 28.6. The third kappa shape index (κ3) is 8.54. The first-order valence-electron chi connectivity index (χ1n) is 19.2. The third-order valence-electron chi connectivity index (χ3n) is 11.1. The molecule has 9 heteroatoms. The molecule has 2 heterocycles. The van der Waals surface area contributed by atoms with Crippen LogP contribution < -0.4 is 25.0 Å². The van der Waals surface area contributed by atoms with Crippen molar-refractivity contribution in [3.05, 3.63) is 153 Å². The normalized spacial score (nSPS) is 17.1. The molecule has 2 amide bonds. The third-order valence-corrected chi connectivity index (χ3v) is 11.1. The fourth-order valence-electron chi connectivity index (χ4n) is 7.25. The maximum Gasteiger partial charge on any atom is 0.256 e. The van der Waals surface area contributed by atoms with Crippen LogP contribution in [0.15, 0.2) is 103 Å². The zero-order valence-electron chi connectivity index (χ0n) is 34.5. The minimum absolute atomic E-state index is 0.0594. The highest BCUT2D eigenvalue weighted by molar-refractivity contribution is 6.15. The van der Waals surface area contributed by atoms with Crippen LogP contribution in [0.25, 0.3) is 0 Å². The van der Waals surface area contributed by atoms with E-state index in [0.29, 0.717) is 12.1 Å². The number of carbonyl (C=O) groups is 2. The van der Waals surface area contributed by atoms with Crippen LogP contribution in [0.5, 0.6) is 23.0 Å². The summed E-state index contributed by atoms with van der Waals surface area (Å²) in [6.45, 7) is 18.3. The van der Waals surface area contributed by atoms with Gasteiger partial charge >= 0.3 is 0 Å². The number of anilines is 2. The van der Waals surface area contributed by atoms with Crippen molar-refractivity contribution in [1.29, 1.82) is 0 Å². The van der Waals surface area contributed by atoms with Gasteiger partial charge in [0.05, 0.1) is 32.2 Å². The van der Waals surface area contributed by atoms with Crippen molar-refractivity contribution in [2.75, 3.05) is 24.0 Å². The van der Waals surface area contributed by atoms with E-state index in [-0.39, 0.29) is 41.3 Å². The molecule has 4 N–H and O–H groups in total. The predicted molar refractivity (Wildman–Crippen MR) is 228 cm³/mol. The van der Waals surface area contributed by atoms with Gasteiger partial charge in [-0.15, -0.1) is 0 Å². The first kappa shape index (κ1) is 42.1. The Hall–Kier alpha value is -6.06. The summed E-state index contributed by atoms with van der Waals surface area (Å²) in [7, 11) is 3.27. The van der Waals surface area contributed by atoms with E-state index < -0.39 is 0 Å². The van der Waals surface area contributed by atoms with Crippen molar-refractivity contribution in [2.45, 2.75) is 73.5 Å². The number of benzene rings is 5. The summed E-state index contributed by atoms with van der Waals surface area (Å²) in [5, 5.41) is 20.1. The van der Waals surface area contributed by atoms with Crippen LogP contribution in [0.4, 0.5) is 11.4 Å². The SMILES string of the molecule is C=C1C(=O)N(c2cc(C)c(C)c(OC)c2)[C@H]1c1ccc(C)c(O)c1.CC[C@H]1C(=O)N(c2cc(C)c(C)c(OC)c2)[C@H]1c1ccc(C)c(O)c1.NCc1ccccc1. The number of amides is 2. The van der Waals surface area contributed by atoms with Gasteiger partial charge in [0.1, 0.15) is 23.0 Å². The van der Waals surface area contributed by atoms with E-state index in [1.807, 2.05) is 132 Å². The zero-order chi connectivity index (χ0) is 41.7. The maximum absolute atomic E-state index is 12.7. The Balaban J connectivity index is 0.000000182. The molecule has 0 radical (unpaired) electrons. The van der Waals surface area contributed by atoms with Gasteiger partial charge in [0, 0.05) is 35.6 Å². The second-order valence-electron chi connectivity index (χ2n) is 14.7. The van der Waals surface area contributed by atoms with Crippen LogP contribution in [0.2, 0.25) is 0 Å². The summed E-state index contributed by atoms with van der Waals surface area (Å²) in [6.07, 6.45) is 0.774. The Morgan fingerprint density at radius 3 is 1.61 bits per heavy atom. The molecule has 3 atom stereocenters. The first-order valence-corrected chi connectivity index (χ1v) is 19.2. The number of nitrogens with two attached hydrogens (primary N) is 1. The zero-order valence-corrected chi connectivity index (χ0v) is 34.5. The van der Waals surface area contributed by atoms with E-state index in [0.717, 1.165) is 73.8 Å². The van der Waals surface area contributed by atoms with Gasteiger partial charge < -0.3 is 30.3 Å². The van der Waals surface area contributed by atoms with E-state index in [1.54, 1.807) is 31.3 Å². The largest absolute Gasteiger partial charge is 0.508 e. The summed E-state index contributed by atoms with van der Waals surface area (Å²) < 4.78 is 10.9. The fourth-order valence-corrected chi connectivity index (χ4v) is 7.25. The van der Waals surface area contributed by atoms with E-state index in [1.165, 1.54) is 5.56 Å². The average Bonchev–Trinajstić information content (AvgIpc) is 3.21. The molecule has 0 aliphatic carbocycles. The number of β-lactam (4-membered cyclic amide) rings is 2. The van der Waals surface area contributed by atoms with Gasteiger partial charge in [0.25, 0.3) is 5.91 Å². The summed E-state index contributed by atoms with van der Waals surface area (Å²) in [5.74, 6) is 1.98. The molecular formula is C48H55N3O6. The Kier molecular flexibility index (Phi) is 13.2. The quantitative estimate of drug-likeness (QED) is 0.106. The number of phenols is 2. The topological polar surface area (TPSA) is 126 Å². The number of hydrogen-bond donors (Lipinski definition) is 3. The maximum atomic E-state index is 12.7. The molecule has 5 aromatic rings. The lowest BCUT2D eigenvalue weighted by molar-refractivity contribution is -0.130. The lowest BCUT2D eigenvalue weighted by atomic mass is 9.79. The Labute approximate surface area is 337 Å². The monoisotopic (exact) mass is 769 g/mol. The molecule has 0 saturated carbocycles. The number of aryl methyl sites for hydroxylation is 4. The van der Waals surface area contributed by atoms with E-state index in [4.69, 9.17) is 15.2 Å². The molecule has 7 rings (SSSR count). The van der Waals surface area contributed by atoms with Gasteiger partial charge in [-0.1, -0.05) is 68.1 Å². The molecule has 2 aliphatic heterocycles. The van der Waals surface area contributed by atoms with Gasteiger partial charge in [0.2, 0.25) is 5.91 Å². The number of carbonyl (C=O) groups excluding carboxylic acids is 2. The molecule has 0 unspecified atom stereocenters. The Bertz CT molecular complexity index is 2280. The minimum atomic E-state index is -0.268. The molecule has 2 fully saturated rings. The number of phenolic OH excluding ortho intramolecular Hbond substituents is 2. The molecule has 9 nitrogen and oxygen atoms in total. The highest BCUT2D eigenvalue weighted by Crippen LogP contribution is 2.47. The number of methoxy groups -OCH3 is 2. The van der Waals surface area contributed by atoms with Crippen molar-refractivity contribution >= 4 is 23.2 Å². The summed E-state index contributed by atoms with van der Waals surface area (Å²) in [4.78, 5) is 28.7. The van der Waals surface area contributed by atoms with Crippen LogP contribution in [0.1, 0.15) is 75.5 Å². The second kappa shape index (κ2) is 17.8. The van der Waals surface area contributed by atoms with Crippen LogP contribution >= 0.6 is 0 Å². The van der Waals surface area contributed by atoms with Crippen LogP contribution in [-0.2, 0) is 16.1 Å². The van der Waals surface area contributed by atoms with Gasteiger partial charge in [-0.05, 0) is 122 Å². The molecule has 298 valence electrons. The number of nitrogens with zero attached hydrogens (tertiary/aromatic N) is 2. The molecule has 2 aliphatic rings. The highest BCUT2D eigenvalue weighted by Gasteiger charge is 2.48. The molecule has 0 bridgehead atoms. The number of aromatic hydroxyl groups is 2. The number of rotatable bonds is 8. The first-order chi connectivity index (χ1) is 27.2. The van der Waals surface area contributed by atoms with Crippen molar-refractivity contribution in [3.8, 4) is 23.0 Å². The van der Waals surface area contributed by atoms with Crippen LogP contribution in [0, 0.1) is 47.5 Å². The van der Waals surface area contributed by atoms with E-state index >= 15 is 0 Å². The highest BCUT2D eigenvalue weighted by atomic mass is 16.5. The lowest BCUT2D eigenvalue weighted by Gasteiger charge is -2.47. The minimum Gasteiger partial charge on any atom is -0.508 e. The number of hydrogen-bond acceptors (Lipinski definition) is 7. The molecule has 5 aromatic carbocycles. The standard InChI is InChI=1S/C21H25NO3.C20H21NO3.C7H9N/c1-6-17-20(15-8-7-12(2)18(23)10-15)22(21(17)24)16-9-13(3)14(4)19(11-16)25-5;1-11-6-7-15(9-17(11)22)19-14(4)20(23)21(19)16-8-12(2)13(3)18(10-16)24-5;8-6-7-4-2-1-3-5-7/h7-11,17,20,23H,6H2,1-5H3;6-10,19,22H,4H2,1-3,5H3;1-5H,6,8H2/t17-,20+;19-;/m11./s1. The van der Waals surface area contributed by atoms with Gasteiger partial charge in [-0.2, -0.15) is 0 Å². The fraction of sp³-hybridized carbons (Fsp3) is 0.292. The molecule has 57 heavy (non-hydrogen) atoms. The predicted octanol–water partition coefficient (Wildman–Crippen LogP) is 9.56. The van der Waals surface area contributed by atoms with Crippen molar-refractivity contribution < 1.29 is 29.3 Å². The Morgan fingerprint density at radius 2 is 1.16 bits per heavy atom. The molecule has 2 saturated heterocycles. The lowest BCUT2D eigenvalue weighted by Crippen LogP contribution is -2.55. The molecular weight excluding hydrogens is 715 g/mol. The smallest absolute Gasteiger partial charge is 0.256 e. The van der Waals surface area contributed by atoms with E-state index in [2.05, 4.69) is 6.58 Å². The van der Waals surface area contributed by atoms with Crippen molar-refractivity contribution in [2.24, 2.45) is 11.7 Å². The van der Waals surface area contributed by atoms with Gasteiger partial charge in [-0.25, -0.2) is 0 Å². The van der Waals surface area contributed by atoms with E-state index in [9.17, 15) is 19.8 Å². The van der Waals surface area contributed by atoms with Crippen molar-refractivity contribution in [1.82, 2.24) is 0 Å². The summed E-state index contributed by atoms with van der Waals surface area (Å²) in [5.41, 5.74) is 16.4.